The Kier molecular flexibility index (Phi) is 15.0. The molecule has 2 rings (SSSR count). The summed E-state index contributed by atoms with van der Waals surface area (Å²) < 4.78 is 36.8. The molecule has 2 heterocycles. The van der Waals surface area contributed by atoms with Crippen molar-refractivity contribution >= 4 is 17.7 Å². The molecule has 0 aliphatic carbocycles. The average Bonchev–Trinajstić information content (AvgIpc) is 3.00. The summed E-state index contributed by atoms with van der Waals surface area (Å²) in [6, 6.07) is -0.235. The van der Waals surface area contributed by atoms with E-state index in [4.69, 9.17) is 28.4 Å². The monoisotopic (exact) mass is 671 g/mol. The summed E-state index contributed by atoms with van der Waals surface area (Å²) in [5.74, 6) is -4.67. The first-order valence-electron chi connectivity index (χ1n) is 16.8. The van der Waals surface area contributed by atoms with Crippen molar-refractivity contribution in [3.8, 4) is 0 Å². The Balaban J connectivity index is 2.71. The van der Waals surface area contributed by atoms with E-state index in [1.54, 1.807) is 41.5 Å². The highest BCUT2D eigenvalue weighted by atomic mass is 16.7. The number of nitrogens with zero attached hydrogens (tertiary/aromatic N) is 1. The number of ketones is 1. The number of esters is 2. The number of hydrogen-bond acceptors (Lipinski definition) is 12. The lowest BCUT2D eigenvalue weighted by molar-refractivity contribution is -0.303. The van der Waals surface area contributed by atoms with Crippen molar-refractivity contribution in [3.63, 3.8) is 0 Å². The van der Waals surface area contributed by atoms with Crippen molar-refractivity contribution < 1.29 is 53.0 Å². The zero-order valence-electron chi connectivity index (χ0n) is 30.6. The molecule has 0 aromatic carbocycles. The second kappa shape index (κ2) is 17.1. The Bertz CT molecular complexity index is 1070. The van der Waals surface area contributed by atoms with Crippen LogP contribution in [0, 0.1) is 23.7 Å². The zero-order valence-corrected chi connectivity index (χ0v) is 30.6. The lowest BCUT2D eigenvalue weighted by atomic mass is 9.74. The maximum atomic E-state index is 14.1. The first-order valence-corrected chi connectivity index (χ1v) is 16.8. The van der Waals surface area contributed by atoms with Crippen molar-refractivity contribution in [2.24, 2.45) is 23.7 Å². The number of carbonyl (C=O) groups excluding carboxylic acids is 3. The number of Topliss-reactive ketones (excluding diaryl/α,β-unsaturated/α-hetero) is 1. The van der Waals surface area contributed by atoms with Gasteiger partial charge in [0.15, 0.2) is 12.4 Å². The predicted molar refractivity (Wildman–Crippen MR) is 175 cm³/mol. The van der Waals surface area contributed by atoms with E-state index < -0.39 is 83.6 Å². The normalized spacial score (nSPS) is 42.8. The minimum Gasteiger partial charge on any atom is -0.459 e. The number of methoxy groups -OCH3 is 1. The van der Waals surface area contributed by atoms with Gasteiger partial charge in [0.25, 0.3) is 0 Å². The van der Waals surface area contributed by atoms with Crippen LogP contribution in [0.25, 0.3) is 0 Å². The lowest BCUT2D eigenvalue weighted by Gasteiger charge is -2.48. The summed E-state index contributed by atoms with van der Waals surface area (Å²) in [6.07, 6.45) is -3.97. The molecule has 2 aliphatic heterocycles. The molecule has 0 aromatic heterocycles. The Labute approximate surface area is 281 Å². The van der Waals surface area contributed by atoms with Gasteiger partial charge >= 0.3 is 11.9 Å². The van der Waals surface area contributed by atoms with Gasteiger partial charge in [-0.25, -0.2) is 0 Å². The van der Waals surface area contributed by atoms with Gasteiger partial charge < -0.3 is 43.5 Å². The average molecular weight is 672 g/mol. The summed E-state index contributed by atoms with van der Waals surface area (Å²) in [4.78, 5) is 41.9. The largest absolute Gasteiger partial charge is 0.459 e. The van der Waals surface area contributed by atoms with Crippen LogP contribution < -0.4 is 0 Å². The van der Waals surface area contributed by atoms with Crippen LogP contribution in [0.5, 0.6) is 0 Å². The second-order valence-electron chi connectivity index (χ2n) is 14.3. The molecule has 47 heavy (non-hydrogen) atoms. The van der Waals surface area contributed by atoms with Crippen LogP contribution >= 0.6 is 0 Å². The summed E-state index contributed by atoms with van der Waals surface area (Å²) in [5, 5.41) is 23.6. The van der Waals surface area contributed by atoms with E-state index in [2.05, 4.69) is 6.58 Å². The molecule has 0 bridgehead atoms. The molecule has 14 atom stereocenters. The standard InChI is InChI=1S/C35H61NO11/c1-14-16-43-31-21(5)27(38)19(3)18-34(9,42-13)30(22(6)28(39)23(7)32(40)46-26(15-2)35(31,10)41)47-33-29(45-24(8)37)25(36(11)12)17-20(4)44-33/h14,19-23,25-26,28-31,33,39,41H,1,15-18H2,2-13H3/t19-,20-,21-,22+,23-,25+,26-,28+,29-,30-,31+,33+,34+,35-/m1/s1. The van der Waals surface area contributed by atoms with Crippen molar-refractivity contribution in [1.29, 1.82) is 0 Å². The van der Waals surface area contributed by atoms with Crippen molar-refractivity contribution in [2.45, 2.75) is 142 Å². The number of aliphatic hydroxyl groups excluding tert-OH is 1. The van der Waals surface area contributed by atoms with Crippen molar-refractivity contribution in [1.82, 2.24) is 4.90 Å². The van der Waals surface area contributed by atoms with Crippen LogP contribution in [0.4, 0.5) is 0 Å². The molecule has 2 aliphatic rings. The number of cyclic esters (lactones) is 1. The molecule has 0 unspecified atom stereocenters. The lowest BCUT2D eigenvalue weighted by Crippen LogP contribution is -2.61. The quantitative estimate of drug-likeness (QED) is 0.274. The second-order valence-corrected chi connectivity index (χ2v) is 14.3. The van der Waals surface area contributed by atoms with Gasteiger partial charge in [0.05, 0.1) is 48.6 Å². The van der Waals surface area contributed by atoms with Gasteiger partial charge in [-0.2, -0.15) is 0 Å². The third-order valence-corrected chi connectivity index (χ3v) is 10.2. The Morgan fingerprint density at radius 2 is 1.72 bits per heavy atom. The molecule has 0 radical (unpaired) electrons. The molecular weight excluding hydrogens is 610 g/mol. The smallest absolute Gasteiger partial charge is 0.311 e. The molecule has 2 saturated heterocycles. The Morgan fingerprint density at radius 3 is 2.23 bits per heavy atom. The zero-order chi connectivity index (χ0) is 36.0. The third-order valence-electron chi connectivity index (χ3n) is 10.2. The van der Waals surface area contributed by atoms with Gasteiger partial charge in [-0.05, 0) is 61.1 Å². The summed E-state index contributed by atoms with van der Waals surface area (Å²) >= 11 is 0. The minimum atomic E-state index is -1.75. The third kappa shape index (κ3) is 9.61. The molecule has 272 valence electrons. The van der Waals surface area contributed by atoms with Crippen LogP contribution in [0.15, 0.2) is 12.7 Å². The van der Waals surface area contributed by atoms with Crippen molar-refractivity contribution in [2.75, 3.05) is 27.8 Å². The molecule has 12 nitrogen and oxygen atoms in total. The Morgan fingerprint density at radius 1 is 1.11 bits per heavy atom. The van der Waals surface area contributed by atoms with E-state index in [1.807, 2.05) is 25.9 Å². The topological polar surface area (TPSA) is 150 Å². The van der Waals surface area contributed by atoms with Crippen LogP contribution in [-0.4, -0.2) is 121 Å². The number of likely N-dealkylation sites (N-methyl/N-ethyl adjacent to an activating group) is 1. The van der Waals surface area contributed by atoms with E-state index in [-0.39, 0.29) is 37.4 Å². The predicted octanol–water partition coefficient (Wildman–Crippen LogP) is 3.30. The fourth-order valence-electron chi connectivity index (χ4n) is 7.36. The molecule has 0 amide bonds. The molecule has 0 spiro atoms. The van der Waals surface area contributed by atoms with E-state index in [0.29, 0.717) is 6.42 Å². The number of rotatable bonds is 9. The maximum Gasteiger partial charge on any atom is 0.311 e. The molecule has 0 saturated carbocycles. The van der Waals surface area contributed by atoms with Gasteiger partial charge in [-0.3, -0.25) is 14.4 Å². The van der Waals surface area contributed by atoms with Crippen LogP contribution in [-0.2, 0) is 42.8 Å². The maximum absolute atomic E-state index is 14.1. The number of ether oxygens (including phenoxy) is 6. The van der Waals surface area contributed by atoms with Gasteiger partial charge in [0.2, 0.25) is 0 Å². The fraction of sp³-hybridized carbons (Fsp3) is 0.857. The Hall–Kier alpha value is -1.93. The minimum absolute atomic E-state index is 0.0623. The van der Waals surface area contributed by atoms with Gasteiger partial charge in [0, 0.05) is 31.8 Å². The van der Waals surface area contributed by atoms with Crippen LogP contribution in [0.1, 0.15) is 81.6 Å². The van der Waals surface area contributed by atoms with Gasteiger partial charge in [-0.15, -0.1) is 6.58 Å². The highest BCUT2D eigenvalue weighted by Gasteiger charge is 2.53. The molecule has 2 N–H and O–H groups in total. The van der Waals surface area contributed by atoms with Crippen molar-refractivity contribution in [3.05, 3.63) is 12.7 Å². The number of carbonyl (C=O) groups is 3. The van der Waals surface area contributed by atoms with E-state index in [9.17, 15) is 24.6 Å². The highest BCUT2D eigenvalue weighted by Crippen LogP contribution is 2.40. The summed E-state index contributed by atoms with van der Waals surface area (Å²) in [6.45, 7) is 18.8. The summed E-state index contributed by atoms with van der Waals surface area (Å²) in [7, 11) is 5.27. The first-order chi connectivity index (χ1) is 21.8. The van der Waals surface area contributed by atoms with E-state index >= 15 is 0 Å². The number of hydrogen-bond donors (Lipinski definition) is 2. The highest BCUT2D eigenvalue weighted by molar-refractivity contribution is 5.83. The van der Waals surface area contributed by atoms with Crippen LogP contribution in [0.2, 0.25) is 0 Å². The van der Waals surface area contributed by atoms with E-state index in [0.717, 1.165) is 0 Å². The molecule has 0 aromatic rings. The fourth-order valence-corrected chi connectivity index (χ4v) is 7.36. The van der Waals surface area contributed by atoms with Gasteiger partial charge in [-0.1, -0.05) is 33.8 Å². The van der Waals surface area contributed by atoms with Crippen LogP contribution in [0.3, 0.4) is 0 Å². The van der Waals surface area contributed by atoms with Gasteiger partial charge in [0.1, 0.15) is 17.5 Å². The SMILES string of the molecule is C=CCO[C@H]1[C@H](C)C(=O)[C@H](C)C[C@](C)(OC)[C@H](O[C@@H]2O[C@H](C)C[C@H](N(C)C)[C@H]2OC(C)=O)[C@@H](C)[C@H](O)[C@@H](C)C(=O)O[C@H](CC)[C@@]1(C)O. The summed E-state index contributed by atoms with van der Waals surface area (Å²) in [5.41, 5.74) is -2.96. The molecular formula is C35H61NO11. The number of aliphatic hydroxyl groups is 2. The molecule has 2 fully saturated rings. The van der Waals surface area contributed by atoms with E-state index in [1.165, 1.54) is 27.0 Å². The first kappa shape index (κ1) is 41.2. The molecule has 12 heteroatoms.